The quantitative estimate of drug-likeness (QED) is 0.786. The van der Waals surface area contributed by atoms with Crippen molar-refractivity contribution in [3.05, 3.63) is 24.0 Å². The first-order valence-electron chi connectivity index (χ1n) is 4.88. The summed E-state index contributed by atoms with van der Waals surface area (Å²) < 4.78 is 0. The minimum Gasteiger partial charge on any atom is -0.324 e. The van der Waals surface area contributed by atoms with E-state index in [1.165, 1.54) is 0 Å². The molecule has 0 saturated heterocycles. The highest BCUT2D eigenvalue weighted by Gasteiger charge is 2.25. The number of likely N-dealkylation sites (N-methyl/N-ethyl adjacent to an activating group) is 1. The number of carbonyl (C=O) groups excluding carboxylic acids is 1. The van der Waals surface area contributed by atoms with Crippen molar-refractivity contribution in [2.45, 2.75) is 26.3 Å². The van der Waals surface area contributed by atoms with E-state index >= 15 is 0 Å². The molecule has 82 valence electrons. The molecule has 0 atom stereocenters. The number of hydrogen-bond donors (Lipinski definition) is 2. The molecule has 0 saturated carbocycles. The van der Waals surface area contributed by atoms with E-state index in [1.807, 2.05) is 20.8 Å². The van der Waals surface area contributed by atoms with Gasteiger partial charge in [-0.3, -0.25) is 9.78 Å². The molecule has 0 aliphatic carbocycles. The minimum absolute atomic E-state index is 0.0562. The SMILES string of the molecule is CNC(C)(C)C(=O)Nc1ccncc1C. The van der Waals surface area contributed by atoms with Crippen LogP contribution in [0.2, 0.25) is 0 Å². The zero-order valence-electron chi connectivity index (χ0n) is 9.59. The maximum atomic E-state index is 11.8. The Bertz CT molecular complexity index is 361. The standard InChI is InChI=1S/C11H17N3O/c1-8-7-13-6-5-9(8)14-10(15)11(2,3)12-4/h5-7,12H,1-4H3,(H,13,14,15). The summed E-state index contributed by atoms with van der Waals surface area (Å²) in [4.78, 5) is 15.8. The molecule has 0 fully saturated rings. The molecule has 1 aromatic rings. The summed E-state index contributed by atoms with van der Waals surface area (Å²) in [5, 5.41) is 5.81. The largest absolute Gasteiger partial charge is 0.324 e. The third kappa shape index (κ3) is 2.76. The second-order valence-corrected chi connectivity index (χ2v) is 4.02. The number of anilines is 1. The highest BCUT2D eigenvalue weighted by atomic mass is 16.2. The predicted molar refractivity (Wildman–Crippen MR) is 60.7 cm³/mol. The smallest absolute Gasteiger partial charge is 0.244 e. The monoisotopic (exact) mass is 207 g/mol. The minimum atomic E-state index is -0.574. The molecule has 4 heteroatoms. The average Bonchev–Trinajstić information content (AvgIpc) is 2.21. The summed E-state index contributed by atoms with van der Waals surface area (Å²) in [7, 11) is 1.76. The van der Waals surface area contributed by atoms with E-state index in [4.69, 9.17) is 0 Å². The van der Waals surface area contributed by atoms with Gasteiger partial charge >= 0.3 is 0 Å². The first-order valence-corrected chi connectivity index (χ1v) is 4.88. The van der Waals surface area contributed by atoms with E-state index in [9.17, 15) is 4.79 Å². The summed E-state index contributed by atoms with van der Waals surface area (Å²) in [5.41, 5.74) is 1.19. The van der Waals surface area contributed by atoms with Gasteiger partial charge in [0.1, 0.15) is 0 Å². The molecule has 0 bridgehead atoms. The van der Waals surface area contributed by atoms with Gasteiger partial charge in [-0.1, -0.05) is 0 Å². The number of aromatic nitrogens is 1. The van der Waals surface area contributed by atoms with Crippen LogP contribution in [0.15, 0.2) is 18.5 Å². The highest BCUT2D eigenvalue weighted by Crippen LogP contribution is 2.14. The third-order valence-electron chi connectivity index (χ3n) is 2.46. The molecule has 0 aliphatic rings. The summed E-state index contributed by atoms with van der Waals surface area (Å²) in [6.45, 7) is 5.58. The molecular formula is C11H17N3O. The maximum Gasteiger partial charge on any atom is 0.244 e. The Labute approximate surface area is 90.1 Å². The van der Waals surface area contributed by atoms with Gasteiger partial charge in [0.25, 0.3) is 0 Å². The topological polar surface area (TPSA) is 54.0 Å². The number of carbonyl (C=O) groups is 1. The van der Waals surface area contributed by atoms with Crippen molar-refractivity contribution < 1.29 is 4.79 Å². The molecular weight excluding hydrogens is 190 g/mol. The van der Waals surface area contributed by atoms with Gasteiger partial charge in [0, 0.05) is 18.1 Å². The van der Waals surface area contributed by atoms with Crippen molar-refractivity contribution in [1.82, 2.24) is 10.3 Å². The van der Waals surface area contributed by atoms with Crippen LogP contribution in [0.5, 0.6) is 0 Å². The third-order valence-corrected chi connectivity index (χ3v) is 2.46. The molecule has 1 rings (SSSR count). The van der Waals surface area contributed by atoms with Crippen LogP contribution >= 0.6 is 0 Å². The first kappa shape index (κ1) is 11.7. The fraction of sp³-hybridized carbons (Fsp3) is 0.455. The van der Waals surface area contributed by atoms with E-state index in [1.54, 1.807) is 25.5 Å². The number of pyridine rings is 1. The Morgan fingerprint density at radius 2 is 2.13 bits per heavy atom. The number of rotatable bonds is 3. The van der Waals surface area contributed by atoms with Gasteiger partial charge in [-0.05, 0) is 39.4 Å². The number of nitrogens with zero attached hydrogens (tertiary/aromatic N) is 1. The molecule has 0 aromatic carbocycles. The van der Waals surface area contributed by atoms with Crippen LogP contribution in [-0.4, -0.2) is 23.5 Å². The lowest BCUT2D eigenvalue weighted by Crippen LogP contribution is -2.48. The fourth-order valence-corrected chi connectivity index (χ4v) is 1.01. The van der Waals surface area contributed by atoms with E-state index in [0.717, 1.165) is 11.3 Å². The van der Waals surface area contributed by atoms with E-state index in [0.29, 0.717) is 0 Å². The van der Waals surface area contributed by atoms with Gasteiger partial charge in [0.05, 0.1) is 5.54 Å². The van der Waals surface area contributed by atoms with Crippen LogP contribution in [0.25, 0.3) is 0 Å². The molecule has 0 unspecified atom stereocenters. The Kier molecular flexibility index (Phi) is 3.42. The zero-order valence-corrected chi connectivity index (χ0v) is 9.59. The summed E-state index contributed by atoms with van der Waals surface area (Å²) in [6, 6.07) is 1.79. The van der Waals surface area contributed by atoms with Crippen LogP contribution < -0.4 is 10.6 Å². The number of nitrogens with one attached hydrogen (secondary N) is 2. The van der Waals surface area contributed by atoms with Gasteiger partial charge in [0.15, 0.2) is 0 Å². The highest BCUT2D eigenvalue weighted by molar-refractivity contribution is 5.97. The number of aryl methyl sites for hydroxylation is 1. The Morgan fingerprint density at radius 1 is 1.47 bits per heavy atom. The van der Waals surface area contributed by atoms with Crippen LogP contribution in [0, 0.1) is 6.92 Å². The molecule has 15 heavy (non-hydrogen) atoms. The van der Waals surface area contributed by atoms with Crippen molar-refractivity contribution in [3.8, 4) is 0 Å². The number of hydrogen-bond acceptors (Lipinski definition) is 3. The molecule has 1 amide bonds. The molecule has 0 spiro atoms. The van der Waals surface area contributed by atoms with Crippen molar-refractivity contribution in [2.24, 2.45) is 0 Å². The molecule has 1 heterocycles. The Morgan fingerprint density at radius 3 is 2.67 bits per heavy atom. The van der Waals surface area contributed by atoms with Gasteiger partial charge < -0.3 is 10.6 Å². The molecule has 4 nitrogen and oxygen atoms in total. The lowest BCUT2D eigenvalue weighted by Gasteiger charge is -2.23. The lowest BCUT2D eigenvalue weighted by molar-refractivity contribution is -0.121. The van der Waals surface area contributed by atoms with E-state index < -0.39 is 5.54 Å². The maximum absolute atomic E-state index is 11.8. The summed E-state index contributed by atoms with van der Waals surface area (Å²) in [6.07, 6.45) is 3.39. The fourth-order valence-electron chi connectivity index (χ4n) is 1.01. The van der Waals surface area contributed by atoms with Gasteiger partial charge in [-0.25, -0.2) is 0 Å². The van der Waals surface area contributed by atoms with Crippen molar-refractivity contribution in [3.63, 3.8) is 0 Å². The molecule has 0 radical (unpaired) electrons. The Balaban J connectivity index is 2.80. The van der Waals surface area contributed by atoms with Crippen LogP contribution in [-0.2, 0) is 4.79 Å². The van der Waals surface area contributed by atoms with Crippen LogP contribution in [0.1, 0.15) is 19.4 Å². The van der Waals surface area contributed by atoms with E-state index in [2.05, 4.69) is 15.6 Å². The van der Waals surface area contributed by atoms with Crippen LogP contribution in [0.4, 0.5) is 5.69 Å². The second kappa shape index (κ2) is 4.40. The van der Waals surface area contributed by atoms with Gasteiger partial charge in [-0.15, -0.1) is 0 Å². The van der Waals surface area contributed by atoms with Crippen molar-refractivity contribution >= 4 is 11.6 Å². The van der Waals surface area contributed by atoms with Crippen molar-refractivity contribution in [1.29, 1.82) is 0 Å². The Hall–Kier alpha value is -1.42. The molecule has 2 N–H and O–H groups in total. The van der Waals surface area contributed by atoms with Crippen molar-refractivity contribution in [2.75, 3.05) is 12.4 Å². The average molecular weight is 207 g/mol. The summed E-state index contributed by atoms with van der Waals surface area (Å²) >= 11 is 0. The first-order chi connectivity index (χ1) is 6.97. The summed E-state index contributed by atoms with van der Waals surface area (Å²) in [5.74, 6) is -0.0562. The number of amides is 1. The van der Waals surface area contributed by atoms with Crippen LogP contribution in [0.3, 0.4) is 0 Å². The lowest BCUT2D eigenvalue weighted by atomic mass is 10.0. The zero-order chi connectivity index (χ0) is 11.5. The van der Waals surface area contributed by atoms with Gasteiger partial charge in [0.2, 0.25) is 5.91 Å². The molecule has 0 aliphatic heterocycles. The van der Waals surface area contributed by atoms with E-state index in [-0.39, 0.29) is 5.91 Å². The van der Waals surface area contributed by atoms with Gasteiger partial charge in [-0.2, -0.15) is 0 Å². The second-order valence-electron chi connectivity index (χ2n) is 4.02. The normalized spacial score (nSPS) is 11.2. The molecule has 1 aromatic heterocycles. The predicted octanol–water partition coefficient (Wildman–Crippen LogP) is 1.33.